The molecule has 1 saturated heterocycles. The second-order valence-corrected chi connectivity index (χ2v) is 7.33. The summed E-state index contributed by atoms with van der Waals surface area (Å²) in [4.78, 5) is 25.3. The fraction of sp³-hybridized carbons (Fsp3) is 0.105. The fourth-order valence-electron chi connectivity index (χ4n) is 2.57. The molecule has 0 spiro atoms. The van der Waals surface area contributed by atoms with Gasteiger partial charge in [0.1, 0.15) is 0 Å². The van der Waals surface area contributed by atoms with E-state index in [2.05, 4.69) is 4.74 Å². The number of alkyl halides is 2. The molecule has 6 nitrogen and oxygen atoms in total. The number of thiocarbonyl (C=S) groups is 1. The zero-order valence-electron chi connectivity index (χ0n) is 14.8. The van der Waals surface area contributed by atoms with Crippen LogP contribution in [0.4, 0.5) is 14.5 Å². The number of carbonyl (C=O) groups excluding carboxylic acids is 1. The number of rotatable bonds is 6. The summed E-state index contributed by atoms with van der Waals surface area (Å²) >= 11 is 6.31. The Morgan fingerprint density at radius 1 is 1.21 bits per heavy atom. The minimum absolute atomic E-state index is 0.0829. The van der Waals surface area contributed by atoms with Gasteiger partial charge < -0.3 is 14.6 Å². The molecule has 1 amide bonds. The predicted octanol–water partition coefficient (Wildman–Crippen LogP) is 4.40. The van der Waals surface area contributed by atoms with Crippen molar-refractivity contribution in [2.75, 3.05) is 12.0 Å². The van der Waals surface area contributed by atoms with Crippen molar-refractivity contribution in [3.63, 3.8) is 0 Å². The number of benzene rings is 2. The number of anilines is 1. The molecule has 150 valence electrons. The van der Waals surface area contributed by atoms with Crippen molar-refractivity contribution in [3.05, 3.63) is 58.5 Å². The Morgan fingerprint density at radius 2 is 1.90 bits per heavy atom. The van der Waals surface area contributed by atoms with E-state index in [9.17, 15) is 18.4 Å². The molecule has 0 aromatic heterocycles. The van der Waals surface area contributed by atoms with Gasteiger partial charge in [0.05, 0.1) is 23.3 Å². The number of ether oxygens (including phenoxy) is 2. The van der Waals surface area contributed by atoms with Gasteiger partial charge in [-0.15, -0.1) is 0 Å². The lowest BCUT2D eigenvalue weighted by molar-refractivity contribution is -0.113. The third kappa shape index (κ3) is 4.54. The van der Waals surface area contributed by atoms with Gasteiger partial charge in [0.25, 0.3) is 5.91 Å². The number of amides is 1. The maximum atomic E-state index is 12.8. The SMILES string of the molecule is COc1ccc(/C=C2\SC(=S)N(c3ccc(C(=O)O)cc3)C2=O)cc1OC(F)F. The standard InChI is InChI=1S/C19H13F2NO5S2/c1-26-13-7-2-10(8-14(13)27-18(20)21)9-15-16(23)22(19(28)29-15)12-5-3-11(4-6-12)17(24)25/h2-9,18H,1H3,(H,24,25)/b15-9-. The number of methoxy groups -OCH3 is 1. The van der Waals surface area contributed by atoms with Crippen molar-refractivity contribution in [1.82, 2.24) is 0 Å². The molecule has 29 heavy (non-hydrogen) atoms. The molecule has 0 unspecified atom stereocenters. The van der Waals surface area contributed by atoms with Gasteiger partial charge in [-0.25, -0.2) is 4.79 Å². The average molecular weight is 437 g/mol. The lowest BCUT2D eigenvalue weighted by Crippen LogP contribution is -2.27. The number of carboxylic acids is 1. The van der Waals surface area contributed by atoms with Crippen molar-refractivity contribution in [1.29, 1.82) is 0 Å². The number of halogens is 2. The van der Waals surface area contributed by atoms with Gasteiger partial charge in [-0.05, 0) is 48.0 Å². The summed E-state index contributed by atoms with van der Waals surface area (Å²) in [6, 6.07) is 10.1. The Balaban J connectivity index is 1.89. The molecule has 0 aliphatic carbocycles. The van der Waals surface area contributed by atoms with Crippen LogP contribution in [0, 0.1) is 0 Å². The quantitative estimate of drug-likeness (QED) is 0.530. The Hall–Kier alpha value is -2.98. The smallest absolute Gasteiger partial charge is 0.387 e. The zero-order chi connectivity index (χ0) is 21.1. The molecule has 2 aromatic carbocycles. The number of thioether (sulfide) groups is 1. The molecular formula is C19H13F2NO5S2. The van der Waals surface area contributed by atoms with Crippen LogP contribution in [0.1, 0.15) is 15.9 Å². The molecule has 2 aromatic rings. The third-order valence-corrected chi connectivity index (χ3v) is 5.17. The summed E-state index contributed by atoms with van der Waals surface area (Å²) in [6.07, 6.45) is 1.50. The van der Waals surface area contributed by atoms with E-state index in [0.29, 0.717) is 11.3 Å². The van der Waals surface area contributed by atoms with Crippen LogP contribution in [-0.2, 0) is 4.79 Å². The summed E-state index contributed by atoms with van der Waals surface area (Å²) < 4.78 is 34.9. The molecule has 1 heterocycles. The second kappa shape index (κ2) is 8.58. The molecule has 0 saturated carbocycles. The van der Waals surface area contributed by atoms with Crippen LogP contribution in [0.5, 0.6) is 11.5 Å². The number of hydrogen-bond acceptors (Lipinski definition) is 6. The number of aromatic carboxylic acids is 1. The highest BCUT2D eigenvalue weighted by Gasteiger charge is 2.33. The molecule has 0 atom stereocenters. The van der Waals surface area contributed by atoms with E-state index >= 15 is 0 Å². The summed E-state index contributed by atoms with van der Waals surface area (Å²) in [5.74, 6) is -1.51. The van der Waals surface area contributed by atoms with E-state index in [1.54, 1.807) is 6.07 Å². The number of carboxylic acid groups (broad SMARTS) is 1. The first-order chi connectivity index (χ1) is 13.8. The highest BCUT2D eigenvalue weighted by atomic mass is 32.2. The summed E-state index contributed by atoms with van der Waals surface area (Å²) in [5, 5.41) is 8.98. The highest BCUT2D eigenvalue weighted by molar-refractivity contribution is 8.27. The van der Waals surface area contributed by atoms with Gasteiger partial charge in [0, 0.05) is 0 Å². The third-order valence-electron chi connectivity index (χ3n) is 3.87. The van der Waals surface area contributed by atoms with E-state index in [-0.39, 0.29) is 26.3 Å². The Kier molecular flexibility index (Phi) is 6.14. The molecular weight excluding hydrogens is 424 g/mol. The first-order valence-electron chi connectivity index (χ1n) is 8.04. The van der Waals surface area contributed by atoms with Crippen LogP contribution < -0.4 is 14.4 Å². The molecule has 1 N–H and O–H groups in total. The van der Waals surface area contributed by atoms with E-state index in [0.717, 1.165) is 11.8 Å². The monoisotopic (exact) mass is 437 g/mol. The lowest BCUT2D eigenvalue weighted by atomic mass is 10.1. The minimum atomic E-state index is -3.02. The van der Waals surface area contributed by atoms with E-state index in [4.69, 9.17) is 22.1 Å². The summed E-state index contributed by atoms with van der Waals surface area (Å²) in [6.45, 7) is -3.02. The Labute approximate surface area is 173 Å². The van der Waals surface area contributed by atoms with Crippen molar-refractivity contribution in [3.8, 4) is 11.5 Å². The molecule has 1 fully saturated rings. The molecule has 0 radical (unpaired) electrons. The maximum absolute atomic E-state index is 12.8. The van der Waals surface area contributed by atoms with Crippen LogP contribution in [0.15, 0.2) is 47.4 Å². The van der Waals surface area contributed by atoms with Gasteiger partial charge in [-0.3, -0.25) is 9.69 Å². The Bertz CT molecular complexity index is 1010. The normalized spacial score (nSPS) is 15.3. The van der Waals surface area contributed by atoms with Gasteiger partial charge in [0.15, 0.2) is 15.8 Å². The summed E-state index contributed by atoms with van der Waals surface area (Å²) in [5.41, 5.74) is 0.958. The van der Waals surface area contributed by atoms with Crippen LogP contribution >= 0.6 is 24.0 Å². The van der Waals surface area contributed by atoms with Gasteiger partial charge in [-0.2, -0.15) is 8.78 Å². The van der Waals surface area contributed by atoms with Crippen LogP contribution in [0.25, 0.3) is 6.08 Å². The van der Waals surface area contributed by atoms with Crippen LogP contribution in [0.2, 0.25) is 0 Å². The first kappa shape index (κ1) is 20.7. The van der Waals surface area contributed by atoms with E-state index in [1.165, 1.54) is 54.5 Å². The fourth-order valence-corrected chi connectivity index (χ4v) is 3.86. The van der Waals surface area contributed by atoms with Crippen molar-refractivity contribution in [2.24, 2.45) is 0 Å². The van der Waals surface area contributed by atoms with Crippen molar-refractivity contribution in [2.45, 2.75) is 6.61 Å². The minimum Gasteiger partial charge on any atom is -0.493 e. The van der Waals surface area contributed by atoms with E-state index in [1.807, 2.05) is 0 Å². The topological polar surface area (TPSA) is 76.1 Å². The maximum Gasteiger partial charge on any atom is 0.387 e. The van der Waals surface area contributed by atoms with Gasteiger partial charge in [0.2, 0.25) is 0 Å². The second-order valence-electron chi connectivity index (χ2n) is 5.66. The van der Waals surface area contributed by atoms with Crippen molar-refractivity contribution >= 4 is 51.9 Å². The number of carbonyl (C=O) groups is 2. The molecule has 10 heteroatoms. The zero-order valence-corrected chi connectivity index (χ0v) is 16.4. The van der Waals surface area contributed by atoms with Gasteiger partial charge in [-0.1, -0.05) is 30.0 Å². The van der Waals surface area contributed by atoms with E-state index < -0.39 is 18.5 Å². The predicted molar refractivity (Wildman–Crippen MR) is 109 cm³/mol. The van der Waals surface area contributed by atoms with Crippen LogP contribution in [0.3, 0.4) is 0 Å². The number of hydrogen-bond donors (Lipinski definition) is 1. The van der Waals surface area contributed by atoms with Gasteiger partial charge >= 0.3 is 12.6 Å². The van der Waals surface area contributed by atoms with Crippen LogP contribution in [-0.4, -0.2) is 35.0 Å². The Morgan fingerprint density at radius 3 is 2.48 bits per heavy atom. The molecule has 1 aliphatic heterocycles. The largest absolute Gasteiger partial charge is 0.493 e. The summed E-state index contributed by atoms with van der Waals surface area (Å²) in [7, 11) is 1.33. The lowest BCUT2D eigenvalue weighted by Gasteiger charge is -2.14. The highest BCUT2D eigenvalue weighted by Crippen LogP contribution is 2.37. The van der Waals surface area contributed by atoms with Crippen molar-refractivity contribution < 1.29 is 33.0 Å². The molecule has 3 rings (SSSR count). The molecule has 0 bridgehead atoms. The average Bonchev–Trinajstić information content (AvgIpc) is 2.95. The number of nitrogens with zero attached hydrogens (tertiary/aromatic N) is 1. The molecule has 1 aliphatic rings. The first-order valence-corrected chi connectivity index (χ1v) is 9.27.